The predicted molar refractivity (Wildman–Crippen MR) is 60.8 cm³/mol. The summed E-state index contributed by atoms with van der Waals surface area (Å²) in [5.41, 5.74) is 1.65. The molecule has 76 valence electrons. The van der Waals surface area contributed by atoms with Gasteiger partial charge in [-0.25, -0.2) is 0 Å². The lowest BCUT2D eigenvalue weighted by atomic mass is 10.1. The van der Waals surface area contributed by atoms with Gasteiger partial charge in [0.25, 0.3) is 0 Å². The third-order valence-corrected chi connectivity index (χ3v) is 2.50. The molecule has 0 saturated heterocycles. The molecule has 0 spiro atoms. The number of halogens is 1. The molecule has 2 rings (SSSR count). The minimum Gasteiger partial charge on any atom is -0.481 e. The summed E-state index contributed by atoms with van der Waals surface area (Å²) < 4.78 is 0.891. The summed E-state index contributed by atoms with van der Waals surface area (Å²) in [5, 5.41) is 9.62. The summed E-state index contributed by atoms with van der Waals surface area (Å²) in [6.07, 6.45) is 1.77. The van der Waals surface area contributed by atoms with E-state index in [1.165, 1.54) is 0 Å². The molecule has 0 aliphatic heterocycles. The van der Waals surface area contributed by atoms with Crippen LogP contribution in [0, 0.1) is 0 Å². The van der Waals surface area contributed by atoms with Crippen molar-refractivity contribution < 1.29 is 9.90 Å². The number of aliphatic carboxylic acids is 1. The average Bonchev–Trinajstić information content (AvgIpc) is 2.16. The molecule has 3 nitrogen and oxygen atoms in total. The summed E-state index contributed by atoms with van der Waals surface area (Å²) in [4.78, 5) is 14.8. The van der Waals surface area contributed by atoms with Gasteiger partial charge < -0.3 is 5.11 Å². The number of hydrogen-bond donors (Lipinski definition) is 1. The Kier molecular flexibility index (Phi) is 2.68. The first kappa shape index (κ1) is 10.1. The van der Waals surface area contributed by atoms with Crippen molar-refractivity contribution in [3.63, 3.8) is 0 Å². The minimum atomic E-state index is -0.822. The highest BCUT2D eigenvalue weighted by Crippen LogP contribution is 2.18. The summed E-state index contributed by atoms with van der Waals surface area (Å²) >= 11 is 3.33. The van der Waals surface area contributed by atoms with Gasteiger partial charge in [-0.15, -0.1) is 0 Å². The molecular formula is C11H8BrNO2. The van der Waals surface area contributed by atoms with Crippen molar-refractivity contribution in [2.45, 2.75) is 6.42 Å². The highest BCUT2D eigenvalue weighted by Gasteiger charge is 2.02. The van der Waals surface area contributed by atoms with Crippen molar-refractivity contribution in [1.82, 2.24) is 4.98 Å². The minimum absolute atomic E-state index is 0.0441. The topological polar surface area (TPSA) is 50.2 Å². The fourth-order valence-electron chi connectivity index (χ4n) is 1.44. The first-order valence-corrected chi connectivity index (χ1v) is 5.20. The summed E-state index contributed by atoms with van der Waals surface area (Å²) in [7, 11) is 0. The molecule has 1 N–H and O–H groups in total. The van der Waals surface area contributed by atoms with Crippen LogP contribution >= 0.6 is 15.9 Å². The number of carbonyl (C=O) groups is 1. The van der Waals surface area contributed by atoms with E-state index in [9.17, 15) is 4.79 Å². The molecule has 0 unspecified atom stereocenters. The van der Waals surface area contributed by atoms with E-state index in [4.69, 9.17) is 5.11 Å². The molecule has 2 aromatic rings. The number of rotatable bonds is 2. The Balaban J connectivity index is 2.49. The van der Waals surface area contributed by atoms with E-state index < -0.39 is 5.97 Å². The van der Waals surface area contributed by atoms with Crippen LogP contribution in [0.25, 0.3) is 10.9 Å². The molecule has 4 heteroatoms. The number of carboxylic acids is 1. The molecule has 1 aromatic heterocycles. The molecule has 0 amide bonds. The number of aromatic nitrogens is 1. The van der Waals surface area contributed by atoms with Crippen LogP contribution in [0.2, 0.25) is 0 Å². The molecule has 0 bridgehead atoms. The van der Waals surface area contributed by atoms with E-state index >= 15 is 0 Å². The fourth-order valence-corrected chi connectivity index (χ4v) is 1.79. The highest BCUT2D eigenvalue weighted by molar-refractivity contribution is 9.10. The Morgan fingerprint density at radius 1 is 1.40 bits per heavy atom. The predicted octanol–water partition coefficient (Wildman–Crippen LogP) is 2.62. The number of fused-ring (bicyclic) bond motifs is 1. The van der Waals surface area contributed by atoms with Crippen LogP contribution < -0.4 is 0 Å². The maximum absolute atomic E-state index is 10.5. The van der Waals surface area contributed by atoms with Crippen LogP contribution in [0.15, 0.2) is 34.9 Å². The third-order valence-electron chi connectivity index (χ3n) is 2.07. The van der Waals surface area contributed by atoms with Gasteiger partial charge in [0.05, 0.1) is 11.9 Å². The van der Waals surface area contributed by atoms with Gasteiger partial charge in [-0.2, -0.15) is 0 Å². The lowest BCUT2D eigenvalue weighted by Crippen LogP contribution is -1.99. The first-order valence-electron chi connectivity index (χ1n) is 4.41. The Morgan fingerprint density at radius 2 is 2.20 bits per heavy atom. The second kappa shape index (κ2) is 3.98. The van der Waals surface area contributed by atoms with Gasteiger partial charge in [-0.1, -0.05) is 6.07 Å². The lowest BCUT2D eigenvalue weighted by Gasteiger charge is -2.01. The molecule has 0 atom stereocenters. The van der Waals surface area contributed by atoms with Crippen molar-refractivity contribution in [3.05, 3.63) is 40.5 Å². The van der Waals surface area contributed by atoms with Gasteiger partial charge in [-0.3, -0.25) is 9.78 Å². The second-order valence-corrected chi connectivity index (χ2v) is 4.17. The first-order chi connectivity index (χ1) is 7.15. The van der Waals surface area contributed by atoms with Gasteiger partial charge in [-0.05, 0) is 39.7 Å². The van der Waals surface area contributed by atoms with E-state index in [2.05, 4.69) is 20.9 Å². The molecule has 0 aliphatic carbocycles. The lowest BCUT2D eigenvalue weighted by molar-refractivity contribution is -0.136. The molecule has 1 heterocycles. The zero-order chi connectivity index (χ0) is 10.8. The fraction of sp³-hybridized carbons (Fsp3) is 0.0909. The van der Waals surface area contributed by atoms with Crippen LogP contribution in [0.1, 0.15) is 5.56 Å². The monoisotopic (exact) mass is 265 g/mol. The molecule has 0 saturated carbocycles. The van der Waals surface area contributed by atoms with Gasteiger partial charge in [0.15, 0.2) is 0 Å². The number of hydrogen-bond acceptors (Lipinski definition) is 2. The molecule has 15 heavy (non-hydrogen) atoms. The summed E-state index contributed by atoms with van der Waals surface area (Å²) in [5.74, 6) is -0.822. The second-order valence-electron chi connectivity index (χ2n) is 3.25. The van der Waals surface area contributed by atoms with E-state index in [1.54, 1.807) is 12.3 Å². The van der Waals surface area contributed by atoms with E-state index in [0.717, 1.165) is 20.9 Å². The molecule has 0 aliphatic rings. The normalized spacial score (nSPS) is 10.5. The zero-order valence-electron chi connectivity index (χ0n) is 7.77. The largest absolute Gasteiger partial charge is 0.481 e. The van der Waals surface area contributed by atoms with Gasteiger partial charge >= 0.3 is 5.97 Å². The van der Waals surface area contributed by atoms with Gasteiger partial charge in [0, 0.05) is 16.1 Å². The Labute approximate surface area is 94.9 Å². The molecule has 0 fully saturated rings. The standard InChI is InChI=1S/C11H8BrNO2/c12-9-5-8-3-7(4-11(14)15)1-2-10(8)13-6-9/h1-3,5-6H,4H2,(H,14,15). The van der Waals surface area contributed by atoms with E-state index in [0.29, 0.717) is 0 Å². The Hall–Kier alpha value is -1.42. The van der Waals surface area contributed by atoms with Crippen molar-refractivity contribution in [1.29, 1.82) is 0 Å². The number of nitrogens with zero attached hydrogens (tertiary/aromatic N) is 1. The average molecular weight is 266 g/mol. The SMILES string of the molecule is O=C(O)Cc1ccc2ncc(Br)cc2c1. The number of pyridine rings is 1. The maximum atomic E-state index is 10.5. The van der Waals surface area contributed by atoms with Crippen LogP contribution in [0.3, 0.4) is 0 Å². The van der Waals surface area contributed by atoms with Crippen molar-refractivity contribution in [2.75, 3.05) is 0 Å². The van der Waals surface area contributed by atoms with Gasteiger partial charge in [0.2, 0.25) is 0 Å². The van der Waals surface area contributed by atoms with Gasteiger partial charge in [0.1, 0.15) is 0 Å². The summed E-state index contributed by atoms with van der Waals surface area (Å²) in [6.45, 7) is 0. The Morgan fingerprint density at radius 3 is 2.93 bits per heavy atom. The number of benzene rings is 1. The third kappa shape index (κ3) is 2.33. The zero-order valence-corrected chi connectivity index (χ0v) is 9.36. The van der Waals surface area contributed by atoms with Crippen molar-refractivity contribution >= 4 is 32.8 Å². The van der Waals surface area contributed by atoms with Crippen molar-refractivity contribution in [2.24, 2.45) is 0 Å². The van der Waals surface area contributed by atoms with Crippen LogP contribution in [-0.4, -0.2) is 16.1 Å². The number of carboxylic acid groups (broad SMARTS) is 1. The highest BCUT2D eigenvalue weighted by atomic mass is 79.9. The smallest absolute Gasteiger partial charge is 0.307 e. The van der Waals surface area contributed by atoms with E-state index in [1.807, 2.05) is 18.2 Å². The maximum Gasteiger partial charge on any atom is 0.307 e. The quantitative estimate of drug-likeness (QED) is 0.908. The van der Waals surface area contributed by atoms with Crippen molar-refractivity contribution in [3.8, 4) is 0 Å². The molecule has 1 aromatic carbocycles. The molecule has 0 radical (unpaired) electrons. The van der Waals surface area contributed by atoms with E-state index in [-0.39, 0.29) is 6.42 Å². The van der Waals surface area contributed by atoms with Crippen LogP contribution in [-0.2, 0) is 11.2 Å². The summed E-state index contributed by atoms with van der Waals surface area (Å²) in [6, 6.07) is 7.40. The van der Waals surface area contributed by atoms with Crippen LogP contribution in [0.5, 0.6) is 0 Å². The Bertz CT molecular complexity index is 525. The van der Waals surface area contributed by atoms with Crippen LogP contribution in [0.4, 0.5) is 0 Å². The molecular weight excluding hydrogens is 258 g/mol.